The van der Waals surface area contributed by atoms with Crippen LogP contribution in [0.4, 0.5) is 0 Å². The summed E-state index contributed by atoms with van der Waals surface area (Å²) in [5.74, 6) is 0.386. The minimum Gasteiger partial charge on any atom is -0.340 e. The molecule has 3 unspecified atom stereocenters. The summed E-state index contributed by atoms with van der Waals surface area (Å²) in [6.07, 6.45) is 2.67. The van der Waals surface area contributed by atoms with Crippen LogP contribution in [0.3, 0.4) is 0 Å². The van der Waals surface area contributed by atoms with Crippen LogP contribution in [-0.2, 0) is 14.8 Å². The van der Waals surface area contributed by atoms with Crippen molar-refractivity contribution < 1.29 is 13.2 Å². The maximum Gasteiger partial charge on any atom is 0.263 e. The number of thiazole rings is 1. The summed E-state index contributed by atoms with van der Waals surface area (Å²) in [5, 5.41) is 1.07. The number of para-hydroxylation sites is 1. The highest BCUT2D eigenvalue weighted by Crippen LogP contribution is 2.34. The Morgan fingerprint density at radius 2 is 2.00 bits per heavy atom. The Morgan fingerprint density at radius 1 is 1.24 bits per heavy atom. The fraction of sp³-hybridized carbons (Fsp3) is 0.400. The minimum atomic E-state index is -3.65. The maximum absolute atomic E-state index is 13.7. The van der Waals surface area contributed by atoms with Crippen molar-refractivity contribution in [2.24, 2.45) is 10.9 Å². The molecule has 2 aliphatic rings. The number of aromatic nitrogens is 1. The summed E-state index contributed by atoms with van der Waals surface area (Å²) in [4.78, 5) is 25.4. The van der Waals surface area contributed by atoms with Crippen molar-refractivity contribution in [2.75, 3.05) is 13.1 Å². The lowest BCUT2D eigenvalue weighted by Gasteiger charge is -2.34. The zero-order valence-corrected chi connectivity index (χ0v) is 20.9. The van der Waals surface area contributed by atoms with Crippen LogP contribution in [0.5, 0.6) is 0 Å². The first-order valence-corrected chi connectivity index (χ1v) is 14.0. The normalized spacial score (nSPS) is 22.4. The van der Waals surface area contributed by atoms with Crippen LogP contribution in [0.2, 0.25) is 0 Å². The van der Waals surface area contributed by atoms with Crippen LogP contribution in [0, 0.1) is 5.92 Å². The average Bonchev–Trinajstić information content (AvgIpc) is 3.40. The van der Waals surface area contributed by atoms with Gasteiger partial charge in [-0.1, -0.05) is 44.5 Å². The van der Waals surface area contributed by atoms with E-state index in [1.165, 1.54) is 0 Å². The lowest BCUT2D eigenvalue weighted by Crippen LogP contribution is -2.46. The van der Waals surface area contributed by atoms with Gasteiger partial charge >= 0.3 is 0 Å². The van der Waals surface area contributed by atoms with Crippen molar-refractivity contribution in [1.29, 1.82) is 0 Å². The molecule has 2 aliphatic heterocycles. The number of carbonyl (C=O) groups excluding carboxylic acids is 1. The molecule has 0 bridgehead atoms. The Bertz CT molecular complexity index is 1330. The third-order valence-corrected chi connectivity index (χ3v) is 9.36. The van der Waals surface area contributed by atoms with Gasteiger partial charge in [-0.2, -0.15) is 0 Å². The summed E-state index contributed by atoms with van der Waals surface area (Å²) in [5.41, 5.74) is 1.52. The number of amidine groups is 1. The number of piperidine rings is 1. The highest BCUT2D eigenvalue weighted by molar-refractivity contribution is 7.90. The molecule has 3 heterocycles. The second-order valence-corrected chi connectivity index (χ2v) is 11.8. The van der Waals surface area contributed by atoms with E-state index in [4.69, 9.17) is 9.98 Å². The molecule has 3 atom stereocenters. The van der Waals surface area contributed by atoms with Crippen LogP contribution in [-0.4, -0.2) is 49.2 Å². The van der Waals surface area contributed by atoms with E-state index >= 15 is 0 Å². The number of rotatable bonds is 5. The van der Waals surface area contributed by atoms with Crippen molar-refractivity contribution in [3.8, 4) is 0 Å². The van der Waals surface area contributed by atoms with Crippen LogP contribution in [0.15, 0.2) is 58.4 Å². The predicted octanol–water partition coefficient (Wildman–Crippen LogP) is 4.16. The lowest BCUT2D eigenvalue weighted by atomic mass is 9.94. The standard InChI is InChI=1S/C25H28N4O3S2/c1-3-16(2)22(27-23-18-10-4-7-13-21(18)34(31,32)28-23)25(30)29-14-8-9-17(15-29)24-26-19-11-5-6-12-20(19)33-24/h4-7,10-13,16-17,22H,3,8-9,14-15H2,1-2H3,(H,27,28). The number of nitrogens with zero attached hydrogens (tertiary/aromatic N) is 3. The van der Waals surface area contributed by atoms with E-state index in [1.807, 2.05) is 36.9 Å². The largest absolute Gasteiger partial charge is 0.340 e. The highest BCUT2D eigenvalue weighted by Gasteiger charge is 2.36. The van der Waals surface area contributed by atoms with Crippen LogP contribution in [0.1, 0.15) is 49.6 Å². The molecular formula is C25H28N4O3S2. The van der Waals surface area contributed by atoms with Gasteiger partial charge in [0.25, 0.3) is 10.0 Å². The van der Waals surface area contributed by atoms with Crippen LogP contribution < -0.4 is 4.72 Å². The Morgan fingerprint density at radius 3 is 2.79 bits per heavy atom. The first kappa shape index (κ1) is 23.0. The SMILES string of the molecule is CCC(C)C(N=C1NS(=O)(=O)c2ccccc21)C(=O)N1CCCC(c2nc3ccccc3s2)C1. The van der Waals surface area contributed by atoms with Crippen LogP contribution >= 0.6 is 11.3 Å². The minimum absolute atomic E-state index is 0.0277. The topological polar surface area (TPSA) is 91.7 Å². The molecule has 0 aliphatic carbocycles. The number of aliphatic imine (C=N–C) groups is 1. The predicted molar refractivity (Wildman–Crippen MR) is 135 cm³/mol. The number of sulfonamides is 1. The first-order valence-electron chi connectivity index (χ1n) is 11.7. The first-order chi connectivity index (χ1) is 16.4. The fourth-order valence-corrected chi connectivity index (χ4v) is 6.98. The molecular weight excluding hydrogens is 468 g/mol. The fourth-order valence-electron chi connectivity index (χ4n) is 4.65. The molecule has 1 amide bonds. The molecule has 1 N–H and O–H groups in total. The van der Waals surface area contributed by atoms with Gasteiger partial charge in [-0.05, 0) is 43.0 Å². The summed E-state index contributed by atoms with van der Waals surface area (Å²) in [6.45, 7) is 5.31. The summed E-state index contributed by atoms with van der Waals surface area (Å²) in [6, 6.07) is 14.2. The van der Waals surface area contributed by atoms with Gasteiger partial charge in [0.15, 0.2) is 0 Å². The molecule has 2 aromatic carbocycles. The molecule has 178 valence electrons. The van der Waals surface area contributed by atoms with E-state index in [2.05, 4.69) is 10.8 Å². The van der Waals surface area contributed by atoms with Gasteiger partial charge < -0.3 is 4.90 Å². The monoisotopic (exact) mass is 496 g/mol. The van der Waals surface area contributed by atoms with Gasteiger partial charge in [-0.15, -0.1) is 11.3 Å². The summed E-state index contributed by atoms with van der Waals surface area (Å²) >= 11 is 1.70. The maximum atomic E-state index is 13.7. The second kappa shape index (κ2) is 9.11. The molecule has 3 aromatic rings. The van der Waals surface area contributed by atoms with Crippen LogP contribution in [0.25, 0.3) is 10.2 Å². The van der Waals surface area contributed by atoms with Crippen molar-refractivity contribution in [2.45, 2.75) is 50.0 Å². The Hall–Kier alpha value is -2.78. The van der Waals surface area contributed by atoms with E-state index in [0.29, 0.717) is 18.7 Å². The van der Waals surface area contributed by atoms with Crippen molar-refractivity contribution in [3.63, 3.8) is 0 Å². The molecule has 5 rings (SSSR count). The number of hydrogen-bond donors (Lipinski definition) is 1. The molecule has 9 heteroatoms. The molecule has 7 nitrogen and oxygen atoms in total. The number of hydrogen-bond acceptors (Lipinski definition) is 6. The average molecular weight is 497 g/mol. The van der Waals surface area contributed by atoms with Gasteiger partial charge in [-0.3, -0.25) is 14.5 Å². The summed E-state index contributed by atoms with van der Waals surface area (Å²) in [7, 11) is -3.65. The van der Waals surface area contributed by atoms with E-state index in [1.54, 1.807) is 35.6 Å². The molecule has 1 aromatic heterocycles. The molecule has 0 radical (unpaired) electrons. The van der Waals surface area contributed by atoms with Gasteiger partial charge in [0.05, 0.1) is 20.1 Å². The highest BCUT2D eigenvalue weighted by atomic mass is 32.2. The quantitative estimate of drug-likeness (QED) is 0.574. The number of benzene rings is 2. The Balaban J connectivity index is 1.42. The smallest absolute Gasteiger partial charge is 0.263 e. The van der Waals surface area contributed by atoms with Gasteiger partial charge in [0.1, 0.15) is 11.9 Å². The third-order valence-electron chi connectivity index (χ3n) is 6.76. The Labute approximate surface area is 204 Å². The van der Waals surface area contributed by atoms with Crippen molar-refractivity contribution in [3.05, 3.63) is 59.1 Å². The van der Waals surface area contributed by atoms with Gasteiger partial charge in [0, 0.05) is 24.6 Å². The molecule has 0 saturated carbocycles. The van der Waals surface area contributed by atoms with Gasteiger partial charge in [0.2, 0.25) is 5.91 Å². The van der Waals surface area contributed by atoms with Crippen molar-refractivity contribution >= 4 is 43.3 Å². The Kier molecular flexibility index (Phi) is 6.16. The zero-order valence-electron chi connectivity index (χ0n) is 19.3. The number of nitrogens with one attached hydrogen (secondary N) is 1. The van der Waals surface area contributed by atoms with Gasteiger partial charge in [-0.25, -0.2) is 13.4 Å². The number of likely N-dealkylation sites (tertiary alicyclic amines) is 1. The number of amides is 1. The molecule has 1 saturated heterocycles. The molecule has 34 heavy (non-hydrogen) atoms. The van der Waals surface area contributed by atoms with E-state index in [0.717, 1.165) is 34.5 Å². The number of carbonyl (C=O) groups is 1. The van der Waals surface area contributed by atoms with Crippen molar-refractivity contribution in [1.82, 2.24) is 14.6 Å². The molecule has 1 fully saturated rings. The zero-order chi connectivity index (χ0) is 23.9. The lowest BCUT2D eigenvalue weighted by molar-refractivity contribution is -0.134. The van der Waals surface area contributed by atoms with E-state index in [9.17, 15) is 13.2 Å². The molecule has 0 spiro atoms. The third kappa shape index (κ3) is 4.22. The number of fused-ring (bicyclic) bond motifs is 2. The van der Waals surface area contributed by atoms with E-state index in [-0.39, 0.29) is 28.5 Å². The van der Waals surface area contributed by atoms with E-state index < -0.39 is 16.1 Å². The summed E-state index contributed by atoms with van der Waals surface area (Å²) < 4.78 is 28.8. The second-order valence-electron chi connectivity index (χ2n) is 9.05.